The SMILES string of the molecule is Cc1cc2c(N3CCN(CC(=O)Nc4cccc(C)c4C)CC3)ncnc2s1. The summed E-state index contributed by atoms with van der Waals surface area (Å²) >= 11 is 1.70. The second-order valence-electron chi connectivity index (χ2n) is 7.33. The number of thiophene rings is 1. The van der Waals surface area contributed by atoms with E-state index in [-0.39, 0.29) is 5.91 Å². The molecule has 3 aromatic rings. The van der Waals surface area contributed by atoms with Gasteiger partial charge in [-0.3, -0.25) is 9.69 Å². The van der Waals surface area contributed by atoms with Crippen molar-refractivity contribution in [3.63, 3.8) is 0 Å². The third-order valence-electron chi connectivity index (χ3n) is 5.35. The van der Waals surface area contributed by atoms with E-state index in [4.69, 9.17) is 0 Å². The molecule has 0 unspecified atom stereocenters. The molecule has 1 N–H and O–H groups in total. The molecule has 1 fully saturated rings. The molecule has 1 aliphatic rings. The first-order chi connectivity index (χ1) is 13.5. The number of aromatic nitrogens is 2. The van der Waals surface area contributed by atoms with Crippen molar-refractivity contribution in [1.29, 1.82) is 0 Å². The van der Waals surface area contributed by atoms with Crippen molar-refractivity contribution >= 4 is 39.0 Å². The summed E-state index contributed by atoms with van der Waals surface area (Å²) in [5.41, 5.74) is 3.21. The Labute approximate surface area is 169 Å². The fourth-order valence-corrected chi connectivity index (χ4v) is 4.45. The van der Waals surface area contributed by atoms with Gasteiger partial charge in [-0.25, -0.2) is 9.97 Å². The molecule has 0 spiro atoms. The highest BCUT2D eigenvalue weighted by Crippen LogP contribution is 2.30. The number of anilines is 2. The maximum Gasteiger partial charge on any atom is 0.238 e. The van der Waals surface area contributed by atoms with Gasteiger partial charge in [0.25, 0.3) is 0 Å². The van der Waals surface area contributed by atoms with Gasteiger partial charge in [0.1, 0.15) is 17.0 Å². The molecule has 0 bridgehead atoms. The summed E-state index contributed by atoms with van der Waals surface area (Å²) in [4.78, 5) is 28.2. The lowest BCUT2D eigenvalue weighted by atomic mass is 10.1. The monoisotopic (exact) mass is 395 g/mol. The summed E-state index contributed by atoms with van der Waals surface area (Å²) in [6.07, 6.45) is 1.65. The Bertz CT molecular complexity index is 1010. The van der Waals surface area contributed by atoms with Crippen LogP contribution in [0.25, 0.3) is 10.2 Å². The fourth-order valence-electron chi connectivity index (χ4n) is 3.61. The standard InChI is InChI=1S/C21H25N5OS/c1-14-5-4-6-18(16(14)3)24-19(27)12-25-7-9-26(10-8-25)20-17-11-15(2)28-21(17)23-13-22-20/h4-6,11,13H,7-10,12H2,1-3H3,(H,24,27). The van der Waals surface area contributed by atoms with Crippen molar-refractivity contribution in [2.45, 2.75) is 20.8 Å². The topological polar surface area (TPSA) is 61.4 Å². The molecule has 6 nitrogen and oxygen atoms in total. The molecule has 0 radical (unpaired) electrons. The maximum atomic E-state index is 12.5. The predicted octanol–water partition coefficient (Wildman–Crippen LogP) is 3.38. The van der Waals surface area contributed by atoms with Crippen molar-refractivity contribution < 1.29 is 4.79 Å². The molecule has 1 saturated heterocycles. The number of hydrogen-bond acceptors (Lipinski definition) is 6. The molecule has 3 heterocycles. The number of benzene rings is 1. The normalized spacial score (nSPS) is 15.2. The van der Waals surface area contributed by atoms with Crippen molar-refractivity contribution in [3.05, 3.63) is 46.6 Å². The summed E-state index contributed by atoms with van der Waals surface area (Å²) in [5, 5.41) is 4.19. The average Bonchev–Trinajstić information content (AvgIpc) is 3.06. The second-order valence-corrected chi connectivity index (χ2v) is 8.57. The molecule has 7 heteroatoms. The summed E-state index contributed by atoms with van der Waals surface area (Å²) in [6.45, 7) is 10.0. The van der Waals surface area contributed by atoms with Gasteiger partial charge in [0.15, 0.2) is 0 Å². The van der Waals surface area contributed by atoms with Crippen LogP contribution in [0.4, 0.5) is 11.5 Å². The molecular weight excluding hydrogens is 370 g/mol. The number of nitrogens with zero attached hydrogens (tertiary/aromatic N) is 4. The van der Waals surface area contributed by atoms with Gasteiger partial charge in [-0.2, -0.15) is 0 Å². The molecule has 1 amide bonds. The smallest absolute Gasteiger partial charge is 0.238 e. The molecule has 4 rings (SSSR count). The molecule has 146 valence electrons. The van der Waals surface area contributed by atoms with Crippen molar-refractivity contribution in [2.75, 3.05) is 42.9 Å². The van der Waals surface area contributed by atoms with Crippen LogP contribution in [0.2, 0.25) is 0 Å². The summed E-state index contributed by atoms with van der Waals surface area (Å²) in [7, 11) is 0. The van der Waals surface area contributed by atoms with Gasteiger partial charge in [0.05, 0.1) is 11.9 Å². The zero-order valence-corrected chi connectivity index (χ0v) is 17.3. The molecule has 0 saturated carbocycles. The predicted molar refractivity (Wildman–Crippen MR) is 115 cm³/mol. The van der Waals surface area contributed by atoms with Crippen LogP contribution >= 0.6 is 11.3 Å². The van der Waals surface area contributed by atoms with Crippen LogP contribution in [-0.2, 0) is 4.79 Å². The number of amides is 1. The quantitative estimate of drug-likeness (QED) is 0.734. The number of fused-ring (bicyclic) bond motifs is 1. The van der Waals surface area contributed by atoms with E-state index in [9.17, 15) is 4.79 Å². The lowest BCUT2D eigenvalue weighted by Crippen LogP contribution is -2.49. The number of rotatable bonds is 4. The van der Waals surface area contributed by atoms with E-state index in [0.29, 0.717) is 6.54 Å². The number of carbonyl (C=O) groups excluding carboxylic acids is 1. The highest BCUT2D eigenvalue weighted by Gasteiger charge is 2.22. The van der Waals surface area contributed by atoms with Gasteiger partial charge in [-0.05, 0) is 44.0 Å². The zero-order chi connectivity index (χ0) is 19.7. The van der Waals surface area contributed by atoms with Crippen LogP contribution < -0.4 is 10.2 Å². The lowest BCUT2D eigenvalue weighted by molar-refractivity contribution is -0.117. The van der Waals surface area contributed by atoms with Gasteiger partial charge in [0.2, 0.25) is 5.91 Å². The van der Waals surface area contributed by atoms with E-state index in [1.165, 1.54) is 10.4 Å². The molecule has 1 aliphatic heterocycles. The molecule has 28 heavy (non-hydrogen) atoms. The maximum absolute atomic E-state index is 12.5. The van der Waals surface area contributed by atoms with E-state index >= 15 is 0 Å². The van der Waals surface area contributed by atoms with Crippen molar-refractivity contribution in [3.8, 4) is 0 Å². The Hall–Kier alpha value is -2.51. The number of nitrogens with one attached hydrogen (secondary N) is 1. The third kappa shape index (κ3) is 3.86. The Morgan fingerprint density at radius 2 is 1.93 bits per heavy atom. The van der Waals surface area contributed by atoms with Crippen LogP contribution in [0.3, 0.4) is 0 Å². The van der Waals surface area contributed by atoms with E-state index in [1.54, 1.807) is 17.7 Å². The number of carbonyl (C=O) groups is 1. The Morgan fingerprint density at radius 1 is 1.14 bits per heavy atom. The van der Waals surface area contributed by atoms with Gasteiger partial charge < -0.3 is 10.2 Å². The minimum Gasteiger partial charge on any atom is -0.353 e. The minimum absolute atomic E-state index is 0.0417. The first kappa shape index (κ1) is 18.8. The number of piperazine rings is 1. The largest absolute Gasteiger partial charge is 0.353 e. The van der Waals surface area contributed by atoms with E-state index in [0.717, 1.165) is 53.5 Å². The van der Waals surface area contributed by atoms with Crippen molar-refractivity contribution in [2.24, 2.45) is 0 Å². The highest BCUT2D eigenvalue weighted by atomic mass is 32.1. The van der Waals surface area contributed by atoms with Crippen molar-refractivity contribution in [1.82, 2.24) is 14.9 Å². The van der Waals surface area contributed by atoms with Gasteiger partial charge in [-0.15, -0.1) is 11.3 Å². The van der Waals surface area contributed by atoms with Gasteiger partial charge in [-0.1, -0.05) is 12.1 Å². The number of aryl methyl sites for hydroxylation is 2. The lowest BCUT2D eigenvalue weighted by Gasteiger charge is -2.35. The van der Waals surface area contributed by atoms with Crippen LogP contribution in [0.15, 0.2) is 30.6 Å². The molecular formula is C21H25N5OS. The Balaban J connectivity index is 1.36. The zero-order valence-electron chi connectivity index (χ0n) is 16.5. The summed E-state index contributed by atoms with van der Waals surface area (Å²) in [6, 6.07) is 8.16. The molecule has 1 aromatic carbocycles. The first-order valence-corrected chi connectivity index (χ1v) is 10.4. The van der Waals surface area contributed by atoms with Crippen LogP contribution in [0, 0.1) is 20.8 Å². The second kappa shape index (κ2) is 7.85. The number of hydrogen-bond donors (Lipinski definition) is 1. The third-order valence-corrected chi connectivity index (χ3v) is 6.31. The molecule has 2 aromatic heterocycles. The molecule has 0 aliphatic carbocycles. The summed E-state index contributed by atoms with van der Waals surface area (Å²) in [5.74, 6) is 1.05. The van der Waals surface area contributed by atoms with E-state index in [2.05, 4.69) is 51.1 Å². The Morgan fingerprint density at radius 3 is 2.71 bits per heavy atom. The fraction of sp³-hybridized carbons (Fsp3) is 0.381. The minimum atomic E-state index is 0.0417. The highest BCUT2D eigenvalue weighted by molar-refractivity contribution is 7.18. The van der Waals surface area contributed by atoms with Gasteiger partial charge in [0, 0.05) is 36.7 Å². The van der Waals surface area contributed by atoms with Gasteiger partial charge >= 0.3 is 0 Å². The van der Waals surface area contributed by atoms with Crippen LogP contribution in [0.1, 0.15) is 16.0 Å². The first-order valence-electron chi connectivity index (χ1n) is 9.56. The summed E-state index contributed by atoms with van der Waals surface area (Å²) < 4.78 is 0. The van der Waals surface area contributed by atoms with E-state index in [1.807, 2.05) is 19.1 Å². The molecule has 0 atom stereocenters. The van der Waals surface area contributed by atoms with E-state index < -0.39 is 0 Å². The van der Waals surface area contributed by atoms with Crippen LogP contribution in [0.5, 0.6) is 0 Å². The Kier molecular flexibility index (Phi) is 5.28. The average molecular weight is 396 g/mol. The van der Waals surface area contributed by atoms with Crippen LogP contribution in [-0.4, -0.2) is 53.5 Å².